The zero-order valence-corrected chi connectivity index (χ0v) is 16.3. The SMILES string of the molecule is CC(C)(C)OC(=O)N1CC(NC(=O)OCc2ccccc2)CC2(C1)CC2(F)F. The van der Waals surface area contributed by atoms with Crippen LogP contribution in [0.5, 0.6) is 0 Å². The van der Waals surface area contributed by atoms with E-state index in [1.54, 1.807) is 20.8 Å². The number of amides is 2. The topological polar surface area (TPSA) is 67.9 Å². The molecule has 28 heavy (non-hydrogen) atoms. The molecule has 3 rings (SSSR count). The van der Waals surface area contributed by atoms with Crippen molar-refractivity contribution in [2.24, 2.45) is 5.41 Å². The summed E-state index contributed by atoms with van der Waals surface area (Å²) in [5, 5.41) is 2.63. The predicted molar refractivity (Wildman–Crippen MR) is 98.0 cm³/mol. The van der Waals surface area contributed by atoms with E-state index < -0.39 is 35.2 Å². The van der Waals surface area contributed by atoms with Crippen LogP contribution in [0, 0.1) is 5.41 Å². The van der Waals surface area contributed by atoms with Gasteiger partial charge in [-0.15, -0.1) is 0 Å². The number of alkyl carbamates (subject to hydrolysis) is 1. The second-order valence-electron chi connectivity index (χ2n) is 8.63. The van der Waals surface area contributed by atoms with Gasteiger partial charge in [-0.05, 0) is 32.8 Å². The lowest BCUT2D eigenvalue weighted by atomic mass is 9.91. The minimum atomic E-state index is -2.85. The van der Waals surface area contributed by atoms with Crippen LogP contribution in [0.4, 0.5) is 18.4 Å². The maximum Gasteiger partial charge on any atom is 0.410 e. The number of carbonyl (C=O) groups excluding carboxylic acids is 2. The first-order chi connectivity index (χ1) is 13.0. The molecular formula is C20H26F2N2O4. The molecule has 1 aliphatic heterocycles. The molecule has 154 valence electrons. The first-order valence-corrected chi connectivity index (χ1v) is 9.33. The van der Waals surface area contributed by atoms with Gasteiger partial charge in [-0.1, -0.05) is 30.3 Å². The average Bonchev–Trinajstić information content (AvgIpc) is 3.10. The van der Waals surface area contributed by atoms with Crippen molar-refractivity contribution in [2.75, 3.05) is 13.1 Å². The van der Waals surface area contributed by atoms with Crippen LogP contribution in [0.25, 0.3) is 0 Å². The minimum absolute atomic E-state index is 0.0772. The summed E-state index contributed by atoms with van der Waals surface area (Å²) in [6.07, 6.45) is -1.55. The third kappa shape index (κ3) is 4.72. The Labute approximate surface area is 163 Å². The van der Waals surface area contributed by atoms with E-state index in [1.807, 2.05) is 30.3 Å². The van der Waals surface area contributed by atoms with Crippen molar-refractivity contribution in [1.82, 2.24) is 10.2 Å². The van der Waals surface area contributed by atoms with Gasteiger partial charge in [0.15, 0.2) is 0 Å². The summed E-state index contributed by atoms with van der Waals surface area (Å²) in [5.41, 5.74) is -1.22. The number of likely N-dealkylation sites (tertiary alicyclic amines) is 1. The highest BCUT2D eigenvalue weighted by Crippen LogP contribution is 2.64. The molecule has 0 aromatic heterocycles. The molecule has 1 aromatic rings. The molecular weight excluding hydrogens is 370 g/mol. The third-order valence-electron chi connectivity index (χ3n) is 4.97. The number of halogens is 2. The Morgan fingerprint density at radius 1 is 1.25 bits per heavy atom. The Bertz CT molecular complexity index is 735. The lowest BCUT2D eigenvalue weighted by Gasteiger charge is -2.38. The van der Waals surface area contributed by atoms with E-state index in [-0.39, 0.29) is 32.5 Å². The van der Waals surface area contributed by atoms with Crippen molar-refractivity contribution in [3.63, 3.8) is 0 Å². The van der Waals surface area contributed by atoms with Gasteiger partial charge in [-0.2, -0.15) is 0 Å². The molecule has 1 aliphatic carbocycles. The largest absolute Gasteiger partial charge is 0.445 e. The number of alkyl halides is 2. The number of nitrogens with zero attached hydrogens (tertiary/aromatic N) is 1. The fourth-order valence-corrected chi connectivity index (χ4v) is 3.56. The Balaban J connectivity index is 1.61. The maximum atomic E-state index is 14.0. The number of hydrogen-bond acceptors (Lipinski definition) is 4. The van der Waals surface area contributed by atoms with Gasteiger partial charge < -0.3 is 19.7 Å². The van der Waals surface area contributed by atoms with Gasteiger partial charge in [0, 0.05) is 19.5 Å². The predicted octanol–water partition coefficient (Wildman–Crippen LogP) is 3.95. The molecule has 0 radical (unpaired) electrons. The zero-order valence-electron chi connectivity index (χ0n) is 16.3. The van der Waals surface area contributed by atoms with E-state index >= 15 is 0 Å². The maximum absolute atomic E-state index is 14.0. The summed E-state index contributed by atoms with van der Waals surface area (Å²) in [5.74, 6) is -2.85. The molecule has 1 saturated heterocycles. The standard InChI is InChI=1S/C20H26F2N2O4/c1-18(2,3)28-17(26)24-10-15(9-19(13-24)12-20(19,21)22)23-16(25)27-11-14-7-5-4-6-8-14/h4-8,15H,9-13H2,1-3H3,(H,23,25). The second-order valence-corrected chi connectivity index (χ2v) is 8.63. The monoisotopic (exact) mass is 396 g/mol. The second kappa shape index (κ2) is 7.22. The molecule has 2 unspecified atom stereocenters. The quantitative estimate of drug-likeness (QED) is 0.840. The first kappa shape index (κ1) is 20.4. The Hall–Kier alpha value is -2.38. The van der Waals surface area contributed by atoms with E-state index in [0.29, 0.717) is 0 Å². The molecule has 1 heterocycles. The molecule has 1 N–H and O–H groups in total. The van der Waals surface area contributed by atoms with Crippen molar-refractivity contribution in [3.05, 3.63) is 35.9 Å². The Morgan fingerprint density at radius 2 is 1.89 bits per heavy atom. The van der Waals surface area contributed by atoms with Gasteiger partial charge in [0.05, 0.1) is 11.5 Å². The van der Waals surface area contributed by atoms with Gasteiger partial charge in [0.2, 0.25) is 0 Å². The molecule has 1 aromatic carbocycles. The smallest absolute Gasteiger partial charge is 0.410 e. The molecule has 6 nitrogen and oxygen atoms in total. The number of carbonyl (C=O) groups is 2. The van der Waals surface area contributed by atoms with Crippen LogP contribution in [0.2, 0.25) is 0 Å². The molecule has 0 bridgehead atoms. The fourth-order valence-electron chi connectivity index (χ4n) is 3.56. The summed E-state index contributed by atoms with van der Waals surface area (Å²) in [6, 6.07) is 8.52. The Morgan fingerprint density at radius 3 is 2.46 bits per heavy atom. The van der Waals surface area contributed by atoms with Crippen molar-refractivity contribution in [2.45, 2.75) is 57.8 Å². The average molecular weight is 396 g/mol. The molecule has 2 aliphatic rings. The molecule has 1 saturated carbocycles. The highest BCUT2D eigenvalue weighted by Gasteiger charge is 2.73. The highest BCUT2D eigenvalue weighted by molar-refractivity contribution is 5.70. The first-order valence-electron chi connectivity index (χ1n) is 9.33. The number of hydrogen-bond donors (Lipinski definition) is 1. The van der Waals surface area contributed by atoms with E-state index in [1.165, 1.54) is 4.90 Å². The van der Waals surface area contributed by atoms with Crippen LogP contribution in [0.15, 0.2) is 30.3 Å². The number of nitrogens with one attached hydrogen (secondary N) is 1. The molecule has 2 atom stereocenters. The van der Waals surface area contributed by atoms with Crippen LogP contribution in [0.3, 0.4) is 0 Å². The van der Waals surface area contributed by atoms with Crippen molar-refractivity contribution >= 4 is 12.2 Å². The Kier molecular flexibility index (Phi) is 5.25. The summed E-state index contributed by atoms with van der Waals surface area (Å²) < 4.78 is 38.5. The zero-order chi connectivity index (χ0) is 20.6. The van der Waals surface area contributed by atoms with Crippen LogP contribution in [-0.4, -0.2) is 47.7 Å². The fraction of sp³-hybridized carbons (Fsp3) is 0.600. The molecule has 1 spiro atoms. The minimum Gasteiger partial charge on any atom is -0.445 e. The summed E-state index contributed by atoms with van der Waals surface area (Å²) >= 11 is 0. The third-order valence-corrected chi connectivity index (χ3v) is 4.97. The molecule has 2 fully saturated rings. The summed E-state index contributed by atoms with van der Waals surface area (Å²) in [6.45, 7) is 5.25. The van der Waals surface area contributed by atoms with Gasteiger partial charge in [-0.25, -0.2) is 18.4 Å². The lowest BCUT2D eigenvalue weighted by molar-refractivity contribution is -0.0117. The normalized spacial score (nSPS) is 25.9. The number of rotatable bonds is 3. The van der Waals surface area contributed by atoms with E-state index in [4.69, 9.17) is 9.47 Å². The van der Waals surface area contributed by atoms with Crippen LogP contribution in [-0.2, 0) is 16.1 Å². The lowest BCUT2D eigenvalue weighted by Crippen LogP contribution is -2.55. The van der Waals surface area contributed by atoms with Gasteiger partial charge >= 0.3 is 12.2 Å². The van der Waals surface area contributed by atoms with Gasteiger partial charge in [0.25, 0.3) is 5.92 Å². The van der Waals surface area contributed by atoms with Crippen molar-refractivity contribution < 1.29 is 27.8 Å². The number of piperidine rings is 1. The summed E-state index contributed by atoms with van der Waals surface area (Å²) in [7, 11) is 0. The molecule has 2 amide bonds. The van der Waals surface area contributed by atoms with Crippen molar-refractivity contribution in [3.8, 4) is 0 Å². The highest BCUT2D eigenvalue weighted by atomic mass is 19.3. The van der Waals surface area contributed by atoms with Gasteiger partial charge in [0.1, 0.15) is 12.2 Å². The summed E-state index contributed by atoms with van der Waals surface area (Å²) in [4.78, 5) is 25.8. The van der Waals surface area contributed by atoms with Crippen LogP contribution < -0.4 is 5.32 Å². The van der Waals surface area contributed by atoms with E-state index in [0.717, 1.165) is 5.56 Å². The number of ether oxygens (including phenoxy) is 2. The number of benzene rings is 1. The van der Waals surface area contributed by atoms with E-state index in [9.17, 15) is 18.4 Å². The van der Waals surface area contributed by atoms with Crippen molar-refractivity contribution in [1.29, 1.82) is 0 Å². The van der Waals surface area contributed by atoms with E-state index in [2.05, 4.69) is 5.32 Å². The van der Waals surface area contributed by atoms with Crippen LogP contribution in [0.1, 0.15) is 39.2 Å². The van der Waals surface area contributed by atoms with Crippen LogP contribution >= 0.6 is 0 Å². The molecule has 8 heteroatoms. The van der Waals surface area contributed by atoms with Gasteiger partial charge in [-0.3, -0.25) is 0 Å².